The van der Waals surface area contributed by atoms with Gasteiger partial charge < -0.3 is 5.73 Å². The highest BCUT2D eigenvalue weighted by Gasteiger charge is 1.99. The van der Waals surface area contributed by atoms with Crippen LogP contribution in [0.4, 0.5) is 0 Å². The average molecular weight is 226 g/mol. The Labute approximate surface area is 94.3 Å². The number of nitrogens with two attached hydrogens (primary N) is 1. The van der Waals surface area contributed by atoms with Gasteiger partial charge in [0.05, 0.1) is 5.03 Å². The first kappa shape index (κ1) is 11.5. The lowest BCUT2D eigenvalue weighted by atomic mass is 10.3. The van der Waals surface area contributed by atoms with E-state index in [4.69, 9.17) is 18.0 Å². The van der Waals surface area contributed by atoms with Gasteiger partial charge in [0.25, 0.3) is 0 Å². The molecule has 2 nitrogen and oxygen atoms in total. The van der Waals surface area contributed by atoms with E-state index in [1.165, 1.54) is 12.8 Å². The molecular weight excluding hydrogens is 212 g/mol. The smallest absolute Gasteiger partial charge is 0.104 e. The Balaban J connectivity index is 2.59. The minimum Gasteiger partial charge on any atom is -0.389 e. The maximum Gasteiger partial charge on any atom is 0.104 e. The van der Waals surface area contributed by atoms with Gasteiger partial charge in [0.2, 0.25) is 0 Å². The van der Waals surface area contributed by atoms with Crippen LogP contribution in [-0.4, -0.2) is 15.7 Å². The van der Waals surface area contributed by atoms with Crippen LogP contribution in [0.1, 0.15) is 25.3 Å². The Morgan fingerprint density at radius 1 is 1.64 bits per heavy atom. The molecule has 1 heterocycles. The molecule has 0 radical (unpaired) electrons. The van der Waals surface area contributed by atoms with E-state index in [-0.39, 0.29) is 0 Å². The largest absolute Gasteiger partial charge is 0.389 e. The second-order valence-electron chi connectivity index (χ2n) is 2.95. The number of nitrogens with zero attached hydrogens (tertiary/aromatic N) is 1. The molecule has 14 heavy (non-hydrogen) atoms. The Kier molecular flexibility index (Phi) is 4.90. The summed E-state index contributed by atoms with van der Waals surface area (Å²) in [6.45, 7) is 2.18. The standard InChI is InChI=1S/C10H14N2S2/c1-2-3-6-14-9-7-8(10(11)13)4-5-12-9/h4-5,7H,2-3,6H2,1H3,(H2,11,13). The van der Waals surface area contributed by atoms with Gasteiger partial charge in [0.15, 0.2) is 0 Å². The fraction of sp³-hybridized carbons (Fsp3) is 0.400. The van der Waals surface area contributed by atoms with E-state index < -0.39 is 0 Å². The molecule has 0 aliphatic carbocycles. The van der Waals surface area contributed by atoms with Crippen molar-refractivity contribution >= 4 is 29.0 Å². The summed E-state index contributed by atoms with van der Waals surface area (Å²) < 4.78 is 0. The number of hydrogen-bond acceptors (Lipinski definition) is 3. The van der Waals surface area contributed by atoms with Crippen LogP contribution < -0.4 is 5.73 Å². The van der Waals surface area contributed by atoms with Gasteiger partial charge in [-0.15, -0.1) is 11.8 Å². The lowest BCUT2D eigenvalue weighted by molar-refractivity contribution is 0.894. The number of thiocarbonyl (C=S) groups is 1. The van der Waals surface area contributed by atoms with Crippen LogP contribution in [0.25, 0.3) is 0 Å². The Morgan fingerprint density at radius 2 is 2.43 bits per heavy atom. The molecule has 0 spiro atoms. The first-order chi connectivity index (χ1) is 6.74. The minimum absolute atomic E-state index is 0.435. The topological polar surface area (TPSA) is 38.9 Å². The number of thioether (sulfide) groups is 1. The summed E-state index contributed by atoms with van der Waals surface area (Å²) in [5.41, 5.74) is 6.43. The number of rotatable bonds is 5. The molecule has 0 bridgehead atoms. The van der Waals surface area contributed by atoms with Crippen molar-refractivity contribution in [2.45, 2.75) is 24.8 Å². The SMILES string of the molecule is CCCCSc1cc(C(N)=S)ccn1. The van der Waals surface area contributed by atoms with Crippen LogP contribution in [0.15, 0.2) is 23.4 Å². The van der Waals surface area contributed by atoms with E-state index >= 15 is 0 Å². The Morgan fingerprint density at radius 3 is 3.07 bits per heavy atom. The minimum atomic E-state index is 0.435. The first-order valence-electron chi connectivity index (χ1n) is 4.62. The van der Waals surface area contributed by atoms with Crippen LogP contribution in [0.2, 0.25) is 0 Å². The number of unbranched alkanes of at least 4 members (excludes halogenated alkanes) is 1. The summed E-state index contributed by atoms with van der Waals surface area (Å²) in [6, 6.07) is 3.79. The third-order valence-corrected chi connectivity index (χ3v) is 3.01. The van der Waals surface area contributed by atoms with Gasteiger partial charge in [-0.2, -0.15) is 0 Å². The summed E-state index contributed by atoms with van der Waals surface area (Å²) in [6.07, 6.45) is 4.18. The quantitative estimate of drug-likeness (QED) is 0.476. The second-order valence-corrected chi connectivity index (χ2v) is 4.50. The lowest BCUT2D eigenvalue weighted by Gasteiger charge is -2.02. The molecule has 1 aromatic rings. The van der Waals surface area contributed by atoms with Crippen LogP contribution in [0, 0.1) is 0 Å². The molecule has 1 rings (SSSR count). The van der Waals surface area contributed by atoms with Crippen LogP contribution in [0.5, 0.6) is 0 Å². The van der Waals surface area contributed by atoms with Crippen molar-refractivity contribution in [2.24, 2.45) is 5.73 Å². The molecule has 2 N–H and O–H groups in total. The molecule has 76 valence electrons. The molecule has 4 heteroatoms. The van der Waals surface area contributed by atoms with Gasteiger partial charge >= 0.3 is 0 Å². The fourth-order valence-corrected chi connectivity index (χ4v) is 2.08. The highest BCUT2D eigenvalue weighted by molar-refractivity contribution is 7.99. The van der Waals surface area contributed by atoms with Crippen molar-refractivity contribution in [1.82, 2.24) is 4.98 Å². The molecule has 0 aromatic carbocycles. The Hall–Kier alpha value is -0.610. The van der Waals surface area contributed by atoms with Gasteiger partial charge in [0.1, 0.15) is 4.99 Å². The zero-order valence-electron chi connectivity index (χ0n) is 8.19. The van der Waals surface area contributed by atoms with Crippen molar-refractivity contribution in [2.75, 3.05) is 5.75 Å². The van der Waals surface area contributed by atoms with Crippen LogP contribution in [0.3, 0.4) is 0 Å². The van der Waals surface area contributed by atoms with Crippen molar-refractivity contribution in [3.63, 3.8) is 0 Å². The summed E-state index contributed by atoms with van der Waals surface area (Å²) in [5, 5.41) is 1.00. The predicted octanol–water partition coefficient (Wildman–Crippen LogP) is 2.61. The lowest BCUT2D eigenvalue weighted by Crippen LogP contribution is -2.09. The first-order valence-corrected chi connectivity index (χ1v) is 6.02. The van der Waals surface area contributed by atoms with Crippen molar-refractivity contribution in [1.29, 1.82) is 0 Å². The van der Waals surface area contributed by atoms with Crippen molar-refractivity contribution < 1.29 is 0 Å². The molecule has 0 atom stereocenters. The normalized spacial score (nSPS) is 10.1. The molecule has 0 unspecified atom stereocenters. The van der Waals surface area contributed by atoms with Gasteiger partial charge in [0, 0.05) is 11.8 Å². The summed E-state index contributed by atoms with van der Waals surface area (Å²) in [7, 11) is 0. The van der Waals surface area contributed by atoms with E-state index in [0.29, 0.717) is 4.99 Å². The van der Waals surface area contributed by atoms with Crippen molar-refractivity contribution in [3.05, 3.63) is 23.9 Å². The van der Waals surface area contributed by atoms with Gasteiger partial charge in [-0.1, -0.05) is 25.6 Å². The molecule has 0 saturated carbocycles. The highest BCUT2D eigenvalue weighted by atomic mass is 32.2. The fourth-order valence-electron chi connectivity index (χ4n) is 0.963. The van der Waals surface area contributed by atoms with Crippen LogP contribution in [-0.2, 0) is 0 Å². The van der Waals surface area contributed by atoms with E-state index in [9.17, 15) is 0 Å². The summed E-state index contributed by atoms with van der Waals surface area (Å²) in [4.78, 5) is 4.68. The number of hydrogen-bond donors (Lipinski definition) is 1. The molecule has 0 amide bonds. The molecule has 0 fully saturated rings. The molecule has 1 aromatic heterocycles. The maximum atomic E-state index is 5.53. The Bertz CT molecular complexity index is 313. The third kappa shape index (κ3) is 3.64. The van der Waals surface area contributed by atoms with Gasteiger partial charge in [-0.3, -0.25) is 0 Å². The second kappa shape index (κ2) is 5.98. The number of aromatic nitrogens is 1. The number of pyridine rings is 1. The summed E-state index contributed by atoms with van der Waals surface area (Å²) in [5.74, 6) is 1.10. The summed E-state index contributed by atoms with van der Waals surface area (Å²) >= 11 is 6.65. The maximum absolute atomic E-state index is 5.53. The zero-order chi connectivity index (χ0) is 10.4. The van der Waals surface area contributed by atoms with Gasteiger partial charge in [-0.25, -0.2) is 4.98 Å². The van der Waals surface area contributed by atoms with Gasteiger partial charge in [-0.05, 0) is 24.3 Å². The molecule has 0 aliphatic rings. The van der Waals surface area contributed by atoms with E-state index in [2.05, 4.69) is 11.9 Å². The average Bonchev–Trinajstić information content (AvgIpc) is 2.19. The van der Waals surface area contributed by atoms with Crippen LogP contribution >= 0.6 is 24.0 Å². The zero-order valence-corrected chi connectivity index (χ0v) is 9.83. The molecule has 0 aliphatic heterocycles. The monoisotopic (exact) mass is 226 g/mol. The van der Waals surface area contributed by atoms with E-state index in [0.717, 1.165) is 16.3 Å². The van der Waals surface area contributed by atoms with Crippen molar-refractivity contribution in [3.8, 4) is 0 Å². The highest BCUT2D eigenvalue weighted by Crippen LogP contribution is 2.17. The molecule has 0 saturated heterocycles. The van der Waals surface area contributed by atoms with E-state index in [1.807, 2.05) is 12.1 Å². The molecular formula is C10H14N2S2. The predicted molar refractivity (Wildman–Crippen MR) is 65.8 cm³/mol. The van der Waals surface area contributed by atoms with E-state index in [1.54, 1.807) is 18.0 Å². The third-order valence-electron chi connectivity index (χ3n) is 1.77.